The number of anilines is 2. The molecular weight excluding hydrogens is 506 g/mol. The molecule has 0 spiro atoms. The quantitative estimate of drug-likeness (QED) is 0.435. The van der Waals surface area contributed by atoms with Crippen LogP contribution < -0.4 is 20.3 Å². The molecule has 10 heteroatoms. The summed E-state index contributed by atoms with van der Waals surface area (Å²) in [6, 6.07) is 13.9. The molecule has 206 valence electrons. The van der Waals surface area contributed by atoms with Crippen molar-refractivity contribution in [3.05, 3.63) is 60.3 Å². The third kappa shape index (κ3) is 5.00. The summed E-state index contributed by atoms with van der Waals surface area (Å²) in [7, 11) is 0. The van der Waals surface area contributed by atoms with E-state index in [1.54, 1.807) is 17.0 Å². The molecule has 1 saturated carbocycles. The second-order valence-corrected chi connectivity index (χ2v) is 11.0. The predicted molar refractivity (Wildman–Crippen MR) is 152 cm³/mol. The number of hydrogen-bond donors (Lipinski definition) is 2. The van der Waals surface area contributed by atoms with Crippen LogP contribution in [-0.2, 0) is 17.8 Å². The van der Waals surface area contributed by atoms with Crippen molar-refractivity contribution in [1.82, 2.24) is 14.9 Å². The first-order chi connectivity index (χ1) is 19.4. The maximum absolute atomic E-state index is 12.5. The van der Waals surface area contributed by atoms with Crippen LogP contribution in [0.25, 0.3) is 10.8 Å². The third-order valence-corrected chi connectivity index (χ3v) is 8.14. The van der Waals surface area contributed by atoms with Gasteiger partial charge in [0.15, 0.2) is 0 Å². The monoisotopic (exact) mass is 539 g/mol. The lowest BCUT2D eigenvalue weighted by atomic mass is 10.0. The molecule has 0 bridgehead atoms. The third-order valence-electron chi connectivity index (χ3n) is 8.14. The molecule has 3 heterocycles. The number of phenols is 1. The van der Waals surface area contributed by atoms with Gasteiger partial charge in [0.2, 0.25) is 5.91 Å². The van der Waals surface area contributed by atoms with Crippen molar-refractivity contribution in [3.63, 3.8) is 0 Å². The van der Waals surface area contributed by atoms with E-state index >= 15 is 0 Å². The Hall–Kier alpha value is -4.36. The zero-order valence-corrected chi connectivity index (χ0v) is 22.4. The number of nitriles is 1. The minimum atomic E-state index is -0.319. The first-order valence-corrected chi connectivity index (χ1v) is 13.7. The number of hydrogen-bond acceptors (Lipinski definition) is 9. The van der Waals surface area contributed by atoms with Gasteiger partial charge in [-0.05, 0) is 36.8 Å². The summed E-state index contributed by atoms with van der Waals surface area (Å²) in [6.07, 6.45) is 4.06. The van der Waals surface area contributed by atoms with E-state index in [0.29, 0.717) is 39.2 Å². The maximum Gasteiger partial charge on any atom is 0.318 e. The fourth-order valence-corrected chi connectivity index (χ4v) is 5.71. The zero-order valence-electron chi connectivity index (χ0n) is 22.4. The molecule has 0 radical (unpaired) electrons. The standard InChI is InChI=1S/C30H33N7O3/c1-2-27(39)37-14-13-36(17-21(37)7-11-31)28-24-8-12-35(26-16-22(38)15-20-5-3-4-6-23(20)26)18-25(24)33-29(34-28)40-19-30(32)9-10-30/h2-6,15-16,21,38H,1,7-10,12-14,17-19,32H2/t21-/m0/s1. The summed E-state index contributed by atoms with van der Waals surface area (Å²) < 4.78 is 6.05. The minimum absolute atomic E-state index is 0.166. The SMILES string of the molecule is C=CC(=O)N1CCN(c2nc(OCC3(N)CC3)nc3c2CCN(c2cc(O)cc4ccccc24)C3)C[C@@H]1CC#N. The number of aromatic nitrogens is 2. The number of phenolic OH excluding ortho intramolecular Hbond substituents is 1. The molecule has 2 aromatic carbocycles. The molecule has 1 aromatic heterocycles. The average Bonchev–Trinajstić information content (AvgIpc) is 3.71. The van der Waals surface area contributed by atoms with E-state index in [0.717, 1.165) is 52.9 Å². The lowest BCUT2D eigenvalue weighted by Crippen LogP contribution is -2.55. The second kappa shape index (κ2) is 10.3. The van der Waals surface area contributed by atoms with Crippen LogP contribution in [0.1, 0.15) is 30.5 Å². The van der Waals surface area contributed by atoms with Gasteiger partial charge in [0.25, 0.3) is 0 Å². The average molecular weight is 540 g/mol. The van der Waals surface area contributed by atoms with Crippen LogP contribution in [0.3, 0.4) is 0 Å². The summed E-state index contributed by atoms with van der Waals surface area (Å²) in [5.74, 6) is 0.844. The number of carbonyl (C=O) groups is 1. The highest BCUT2D eigenvalue weighted by molar-refractivity contribution is 5.95. The van der Waals surface area contributed by atoms with Gasteiger partial charge in [-0.2, -0.15) is 15.2 Å². The number of nitrogens with two attached hydrogens (primary N) is 1. The van der Waals surface area contributed by atoms with Crippen molar-refractivity contribution < 1.29 is 14.6 Å². The van der Waals surface area contributed by atoms with Gasteiger partial charge in [-0.1, -0.05) is 30.8 Å². The van der Waals surface area contributed by atoms with Crippen LogP contribution >= 0.6 is 0 Å². The van der Waals surface area contributed by atoms with E-state index in [-0.39, 0.29) is 35.7 Å². The Morgan fingerprint density at radius 1 is 1.23 bits per heavy atom. The van der Waals surface area contributed by atoms with Gasteiger partial charge in [-0.25, -0.2) is 0 Å². The lowest BCUT2D eigenvalue weighted by Gasteiger charge is -2.42. The van der Waals surface area contributed by atoms with Gasteiger partial charge in [-0.3, -0.25) is 4.79 Å². The Balaban J connectivity index is 1.35. The fraction of sp³-hybridized carbons (Fsp3) is 0.400. The number of aromatic hydroxyl groups is 1. The van der Waals surface area contributed by atoms with Crippen LogP contribution in [-0.4, -0.2) is 70.2 Å². The summed E-state index contributed by atoms with van der Waals surface area (Å²) in [4.78, 5) is 28.3. The molecule has 0 unspecified atom stereocenters. The Labute approximate surface area is 233 Å². The number of rotatable bonds is 7. The number of fused-ring (bicyclic) bond motifs is 2. The van der Waals surface area contributed by atoms with Crippen molar-refractivity contribution >= 4 is 28.2 Å². The van der Waals surface area contributed by atoms with E-state index in [1.165, 1.54) is 6.08 Å². The molecule has 3 aliphatic rings. The summed E-state index contributed by atoms with van der Waals surface area (Å²) in [5, 5.41) is 21.9. The molecule has 1 saturated heterocycles. The highest BCUT2D eigenvalue weighted by Crippen LogP contribution is 2.37. The second-order valence-electron chi connectivity index (χ2n) is 11.0. The fourth-order valence-electron chi connectivity index (χ4n) is 5.71. The number of ether oxygens (including phenoxy) is 1. The van der Waals surface area contributed by atoms with E-state index in [4.69, 9.17) is 20.4 Å². The molecule has 6 rings (SSSR count). The zero-order chi connectivity index (χ0) is 27.9. The maximum atomic E-state index is 12.5. The van der Waals surface area contributed by atoms with E-state index < -0.39 is 0 Å². The van der Waals surface area contributed by atoms with Crippen molar-refractivity contribution in [2.75, 3.05) is 42.6 Å². The highest BCUT2D eigenvalue weighted by atomic mass is 16.5. The van der Waals surface area contributed by atoms with Crippen LogP contribution in [0.4, 0.5) is 11.5 Å². The van der Waals surface area contributed by atoms with Gasteiger partial charge in [0.1, 0.15) is 18.2 Å². The molecule has 1 atom stereocenters. The molecule has 3 N–H and O–H groups in total. The van der Waals surface area contributed by atoms with Crippen molar-refractivity contribution in [1.29, 1.82) is 5.26 Å². The number of benzene rings is 2. The Bertz CT molecular complexity index is 1510. The molecule has 2 aliphatic heterocycles. The predicted octanol–water partition coefficient (Wildman–Crippen LogP) is 2.89. The van der Waals surface area contributed by atoms with Gasteiger partial charge >= 0.3 is 6.01 Å². The van der Waals surface area contributed by atoms with Crippen LogP contribution in [0, 0.1) is 11.3 Å². The summed E-state index contributed by atoms with van der Waals surface area (Å²) in [5.41, 5.74) is 8.83. The van der Waals surface area contributed by atoms with Crippen molar-refractivity contribution in [2.24, 2.45) is 5.73 Å². The van der Waals surface area contributed by atoms with Gasteiger partial charge in [0.05, 0.1) is 36.3 Å². The molecule has 10 nitrogen and oxygen atoms in total. The minimum Gasteiger partial charge on any atom is -0.508 e. The van der Waals surface area contributed by atoms with Gasteiger partial charge in [0, 0.05) is 48.9 Å². The van der Waals surface area contributed by atoms with Gasteiger partial charge in [-0.15, -0.1) is 0 Å². The Kier molecular flexibility index (Phi) is 6.68. The normalized spacial score (nSPS) is 19.6. The van der Waals surface area contributed by atoms with Crippen molar-refractivity contribution in [2.45, 2.75) is 43.8 Å². The van der Waals surface area contributed by atoms with Crippen molar-refractivity contribution in [3.8, 4) is 17.8 Å². The highest BCUT2D eigenvalue weighted by Gasteiger charge is 2.40. The summed E-state index contributed by atoms with van der Waals surface area (Å²) in [6.45, 7) is 6.75. The van der Waals surface area contributed by atoms with Crippen LogP contribution in [0.15, 0.2) is 49.1 Å². The molecular formula is C30H33N7O3. The van der Waals surface area contributed by atoms with Gasteiger partial charge < -0.3 is 30.3 Å². The lowest BCUT2D eigenvalue weighted by molar-refractivity contribution is -0.128. The molecule has 1 aliphatic carbocycles. The smallest absolute Gasteiger partial charge is 0.318 e. The van der Waals surface area contributed by atoms with E-state index in [1.807, 2.05) is 18.2 Å². The molecule has 2 fully saturated rings. The number of amides is 1. The molecule has 40 heavy (non-hydrogen) atoms. The van der Waals surface area contributed by atoms with Crippen LogP contribution in [0.2, 0.25) is 0 Å². The number of nitrogens with zero attached hydrogens (tertiary/aromatic N) is 6. The molecule has 1 amide bonds. The van der Waals surface area contributed by atoms with E-state index in [9.17, 15) is 15.2 Å². The topological polar surface area (TPSA) is 132 Å². The summed E-state index contributed by atoms with van der Waals surface area (Å²) >= 11 is 0. The Morgan fingerprint density at radius 3 is 2.83 bits per heavy atom. The largest absolute Gasteiger partial charge is 0.508 e. The number of piperazine rings is 1. The number of carbonyl (C=O) groups excluding carboxylic acids is 1. The van der Waals surface area contributed by atoms with E-state index in [2.05, 4.69) is 28.5 Å². The Morgan fingerprint density at radius 2 is 2.05 bits per heavy atom. The van der Waals surface area contributed by atoms with Crippen LogP contribution in [0.5, 0.6) is 11.8 Å². The first-order valence-electron chi connectivity index (χ1n) is 13.7. The first kappa shape index (κ1) is 25.9. The molecule has 3 aromatic rings.